The second-order valence-electron chi connectivity index (χ2n) is 4.69. The molecule has 0 aliphatic heterocycles. The van der Waals surface area contributed by atoms with Crippen LogP contribution in [0.3, 0.4) is 0 Å². The van der Waals surface area contributed by atoms with E-state index in [1.165, 1.54) is 5.69 Å². The maximum Gasteiger partial charge on any atom is 0.287 e. The van der Waals surface area contributed by atoms with Crippen molar-refractivity contribution >= 4 is 21.8 Å². The first-order valence-corrected chi connectivity index (χ1v) is 7.01. The number of fused-ring (bicyclic) bond motifs is 1. The maximum atomic E-state index is 12.1. The summed E-state index contributed by atoms with van der Waals surface area (Å²) in [6.45, 7) is 0. The Kier molecular flexibility index (Phi) is 3.18. The van der Waals surface area contributed by atoms with Gasteiger partial charge in [0.25, 0.3) is 5.91 Å². The number of aromatic nitrogens is 2. The molecule has 3 rings (SSSR count). The van der Waals surface area contributed by atoms with Gasteiger partial charge in [-0.25, -0.2) is 0 Å². The van der Waals surface area contributed by atoms with Gasteiger partial charge in [-0.05, 0) is 47.3 Å². The minimum absolute atomic E-state index is 0.0221. The molecule has 1 atom stereocenters. The highest BCUT2D eigenvalue weighted by molar-refractivity contribution is 9.10. The fourth-order valence-corrected chi connectivity index (χ4v) is 2.83. The summed E-state index contributed by atoms with van der Waals surface area (Å²) in [5, 5.41) is 7.28. The van der Waals surface area contributed by atoms with Gasteiger partial charge >= 0.3 is 0 Å². The number of carbonyl (C=O) groups excluding carboxylic acids is 1. The van der Waals surface area contributed by atoms with E-state index in [0.29, 0.717) is 10.4 Å². The van der Waals surface area contributed by atoms with Crippen LogP contribution in [0.15, 0.2) is 27.4 Å². The molecule has 0 radical (unpaired) electrons. The molecule has 1 N–H and O–H groups in total. The van der Waals surface area contributed by atoms with Crippen molar-refractivity contribution in [3.63, 3.8) is 0 Å². The molecule has 0 bridgehead atoms. The fraction of sp³-hybridized carbons (Fsp3) is 0.385. The highest BCUT2D eigenvalue weighted by Crippen LogP contribution is 2.29. The lowest BCUT2D eigenvalue weighted by molar-refractivity contribution is 0.0903. The Bertz CT molecular complexity index is 617. The third-order valence-electron chi connectivity index (χ3n) is 3.48. The van der Waals surface area contributed by atoms with Crippen molar-refractivity contribution < 1.29 is 9.21 Å². The number of hydrogen-bond acceptors (Lipinski definition) is 3. The quantitative estimate of drug-likeness (QED) is 0.924. The Hall–Kier alpha value is -1.56. The first kappa shape index (κ1) is 12.5. The van der Waals surface area contributed by atoms with E-state index < -0.39 is 0 Å². The van der Waals surface area contributed by atoms with Crippen LogP contribution in [0.1, 0.15) is 40.7 Å². The molecule has 19 heavy (non-hydrogen) atoms. The average Bonchev–Trinajstić information content (AvgIpc) is 2.98. The van der Waals surface area contributed by atoms with E-state index in [4.69, 9.17) is 4.42 Å². The van der Waals surface area contributed by atoms with Gasteiger partial charge in [0.05, 0.1) is 12.2 Å². The van der Waals surface area contributed by atoms with Crippen LogP contribution in [0, 0.1) is 0 Å². The number of rotatable bonds is 2. The van der Waals surface area contributed by atoms with Crippen LogP contribution in [0.25, 0.3) is 0 Å². The second kappa shape index (κ2) is 4.85. The molecule has 0 saturated heterocycles. The van der Waals surface area contributed by atoms with Gasteiger partial charge in [0.15, 0.2) is 10.4 Å². The van der Waals surface area contributed by atoms with Crippen LogP contribution in [-0.2, 0) is 13.5 Å². The van der Waals surface area contributed by atoms with E-state index in [-0.39, 0.29) is 11.9 Å². The lowest BCUT2D eigenvalue weighted by Crippen LogP contribution is -2.30. The molecule has 1 aliphatic rings. The van der Waals surface area contributed by atoms with Crippen LogP contribution >= 0.6 is 15.9 Å². The highest BCUT2D eigenvalue weighted by atomic mass is 79.9. The average molecular weight is 324 g/mol. The summed E-state index contributed by atoms with van der Waals surface area (Å²) in [4.78, 5) is 12.1. The largest absolute Gasteiger partial charge is 0.444 e. The molecule has 100 valence electrons. The molecular weight excluding hydrogens is 310 g/mol. The van der Waals surface area contributed by atoms with Gasteiger partial charge in [-0.3, -0.25) is 9.48 Å². The number of nitrogens with one attached hydrogen (secondary N) is 1. The number of halogens is 1. The second-order valence-corrected chi connectivity index (χ2v) is 5.47. The minimum Gasteiger partial charge on any atom is -0.444 e. The fourth-order valence-electron chi connectivity index (χ4n) is 2.52. The lowest BCUT2D eigenvalue weighted by atomic mass is 9.93. The highest BCUT2D eigenvalue weighted by Gasteiger charge is 2.25. The number of amides is 1. The Morgan fingerprint density at radius 2 is 2.42 bits per heavy atom. The van der Waals surface area contributed by atoms with Crippen molar-refractivity contribution in [1.82, 2.24) is 15.1 Å². The molecule has 1 aliphatic carbocycles. The molecule has 2 heterocycles. The van der Waals surface area contributed by atoms with Crippen LogP contribution in [0.4, 0.5) is 0 Å². The molecule has 2 aromatic heterocycles. The summed E-state index contributed by atoms with van der Waals surface area (Å²) in [6, 6.07) is 3.39. The van der Waals surface area contributed by atoms with Gasteiger partial charge in [0.1, 0.15) is 0 Å². The summed E-state index contributed by atoms with van der Waals surface area (Å²) in [6.07, 6.45) is 4.85. The van der Waals surface area contributed by atoms with Crippen molar-refractivity contribution in [2.75, 3.05) is 0 Å². The monoisotopic (exact) mass is 323 g/mol. The lowest BCUT2D eigenvalue weighted by Gasteiger charge is -2.23. The van der Waals surface area contributed by atoms with E-state index in [1.807, 2.05) is 17.9 Å². The van der Waals surface area contributed by atoms with Crippen LogP contribution in [0.5, 0.6) is 0 Å². The zero-order chi connectivity index (χ0) is 13.4. The van der Waals surface area contributed by atoms with Gasteiger partial charge in [-0.15, -0.1) is 0 Å². The molecule has 6 heteroatoms. The summed E-state index contributed by atoms with van der Waals surface area (Å²) >= 11 is 3.19. The maximum absolute atomic E-state index is 12.1. The number of hydrogen-bond donors (Lipinski definition) is 1. The molecule has 5 nitrogen and oxygen atoms in total. The molecule has 0 saturated carbocycles. The molecule has 0 fully saturated rings. The van der Waals surface area contributed by atoms with E-state index >= 15 is 0 Å². The third kappa shape index (κ3) is 2.32. The smallest absolute Gasteiger partial charge is 0.287 e. The van der Waals surface area contributed by atoms with E-state index in [9.17, 15) is 4.79 Å². The Balaban J connectivity index is 1.79. The van der Waals surface area contributed by atoms with Crippen molar-refractivity contribution in [3.05, 3.63) is 40.0 Å². The van der Waals surface area contributed by atoms with E-state index in [2.05, 4.69) is 26.3 Å². The summed E-state index contributed by atoms with van der Waals surface area (Å²) < 4.78 is 7.71. The molecule has 1 unspecified atom stereocenters. The van der Waals surface area contributed by atoms with Gasteiger partial charge in [0.2, 0.25) is 0 Å². The number of carbonyl (C=O) groups is 1. The molecular formula is C13H14BrN3O2. The predicted octanol–water partition coefficient (Wildman–Crippen LogP) is 2.58. The molecule has 0 aromatic carbocycles. The Labute approximate surface area is 119 Å². The molecule has 1 amide bonds. The number of nitrogens with zero attached hydrogens (tertiary/aromatic N) is 2. The van der Waals surface area contributed by atoms with Gasteiger partial charge < -0.3 is 9.73 Å². The van der Waals surface area contributed by atoms with Crippen LogP contribution in [-0.4, -0.2) is 15.7 Å². The first-order chi connectivity index (χ1) is 9.15. The van der Waals surface area contributed by atoms with Crippen molar-refractivity contribution in [1.29, 1.82) is 0 Å². The summed E-state index contributed by atoms with van der Waals surface area (Å²) in [5.74, 6) is 0.135. The standard InChI is InChI=1S/C13H14BrN3O2/c1-17-10-4-2-3-9(8(10)7-15-17)16-13(18)11-5-6-12(14)19-11/h5-7,9H,2-4H2,1H3,(H,16,18). The van der Waals surface area contributed by atoms with E-state index in [0.717, 1.165) is 24.8 Å². The number of aryl methyl sites for hydroxylation is 1. The van der Waals surface area contributed by atoms with Gasteiger partial charge in [-0.1, -0.05) is 0 Å². The predicted molar refractivity (Wildman–Crippen MR) is 72.8 cm³/mol. The zero-order valence-corrected chi connectivity index (χ0v) is 12.1. The zero-order valence-electron chi connectivity index (χ0n) is 10.5. The topological polar surface area (TPSA) is 60.1 Å². The normalized spacial score (nSPS) is 18.1. The van der Waals surface area contributed by atoms with Gasteiger partial charge in [0, 0.05) is 18.3 Å². The SMILES string of the molecule is Cn1ncc2c1CCCC2NC(=O)c1ccc(Br)o1. The molecule has 2 aromatic rings. The van der Waals surface area contributed by atoms with Crippen molar-refractivity contribution in [2.45, 2.75) is 25.3 Å². The first-order valence-electron chi connectivity index (χ1n) is 6.22. The Morgan fingerprint density at radius 3 is 3.16 bits per heavy atom. The summed E-state index contributed by atoms with van der Waals surface area (Å²) in [7, 11) is 1.94. The molecule has 0 spiro atoms. The van der Waals surface area contributed by atoms with E-state index in [1.54, 1.807) is 12.1 Å². The van der Waals surface area contributed by atoms with Crippen LogP contribution in [0.2, 0.25) is 0 Å². The number of furan rings is 1. The Morgan fingerprint density at radius 1 is 1.58 bits per heavy atom. The van der Waals surface area contributed by atoms with Crippen molar-refractivity contribution in [3.8, 4) is 0 Å². The third-order valence-corrected chi connectivity index (χ3v) is 3.90. The van der Waals surface area contributed by atoms with Gasteiger partial charge in [-0.2, -0.15) is 5.10 Å². The van der Waals surface area contributed by atoms with Crippen molar-refractivity contribution in [2.24, 2.45) is 7.05 Å². The van der Waals surface area contributed by atoms with Crippen LogP contribution < -0.4 is 5.32 Å². The summed E-state index contributed by atoms with van der Waals surface area (Å²) in [5.41, 5.74) is 2.32. The minimum atomic E-state index is -0.188.